The van der Waals surface area contributed by atoms with Gasteiger partial charge in [0, 0.05) is 12.6 Å². The standard InChI is InChI=1S/C24H25N5O3/c1-2-17-9-11-18(12-10-17)22(28-13-5-6-14-28)16-26-24-20(15-25)27-23(32-24)19-7-3-4-8-21(19)29(30)31/h3-4,7-12,22,26H,2,5-6,13-14,16H2,1H3. The summed E-state index contributed by atoms with van der Waals surface area (Å²) in [6.07, 6.45) is 3.32. The van der Waals surface area contributed by atoms with E-state index in [1.54, 1.807) is 18.2 Å². The number of nitrogens with one attached hydrogen (secondary N) is 1. The van der Waals surface area contributed by atoms with Crippen LogP contribution in [0.1, 0.15) is 42.6 Å². The van der Waals surface area contributed by atoms with E-state index in [1.807, 2.05) is 6.07 Å². The zero-order valence-corrected chi connectivity index (χ0v) is 18.0. The molecule has 0 radical (unpaired) electrons. The van der Waals surface area contributed by atoms with Crippen molar-refractivity contribution in [3.05, 3.63) is 75.5 Å². The Balaban J connectivity index is 1.60. The number of hydrogen-bond acceptors (Lipinski definition) is 7. The van der Waals surface area contributed by atoms with E-state index in [9.17, 15) is 15.4 Å². The lowest BCUT2D eigenvalue weighted by atomic mass is 10.0. The van der Waals surface area contributed by atoms with Crippen LogP contribution >= 0.6 is 0 Å². The zero-order valence-electron chi connectivity index (χ0n) is 18.0. The fourth-order valence-electron chi connectivity index (χ4n) is 4.12. The molecule has 3 aromatic rings. The molecule has 1 unspecified atom stereocenters. The number of nitriles is 1. The molecular weight excluding hydrogens is 406 g/mol. The molecular formula is C24H25N5O3. The molecule has 0 aliphatic carbocycles. The summed E-state index contributed by atoms with van der Waals surface area (Å²) in [5.41, 5.74) is 2.70. The number of likely N-dealkylation sites (tertiary alicyclic amines) is 1. The van der Waals surface area contributed by atoms with Crippen LogP contribution in [-0.4, -0.2) is 34.4 Å². The normalized spacial score (nSPS) is 14.8. The molecule has 0 saturated carbocycles. The van der Waals surface area contributed by atoms with Crippen LogP contribution in [0.4, 0.5) is 11.6 Å². The molecule has 0 spiro atoms. The molecule has 1 N–H and O–H groups in total. The Bertz CT molecular complexity index is 1130. The third kappa shape index (κ3) is 4.48. The minimum absolute atomic E-state index is 0.0568. The number of para-hydroxylation sites is 1. The maximum atomic E-state index is 11.4. The average molecular weight is 431 g/mol. The van der Waals surface area contributed by atoms with Crippen molar-refractivity contribution in [2.45, 2.75) is 32.2 Å². The molecule has 164 valence electrons. The van der Waals surface area contributed by atoms with Gasteiger partial charge in [-0.25, -0.2) is 0 Å². The lowest BCUT2D eigenvalue weighted by Crippen LogP contribution is -2.31. The Morgan fingerprint density at radius 2 is 1.94 bits per heavy atom. The van der Waals surface area contributed by atoms with Gasteiger partial charge in [0.05, 0.1) is 11.0 Å². The van der Waals surface area contributed by atoms with Gasteiger partial charge in [-0.1, -0.05) is 43.3 Å². The molecule has 4 rings (SSSR count). The summed E-state index contributed by atoms with van der Waals surface area (Å²) in [6, 6.07) is 17.0. The van der Waals surface area contributed by atoms with Crippen LogP contribution < -0.4 is 5.32 Å². The Hall–Kier alpha value is -3.70. The Morgan fingerprint density at radius 1 is 1.22 bits per heavy atom. The summed E-state index contributed by atoms with van der Waals surface area (Å²) in [6.45, 7) is 4.71. The first-order valence-electron chi connectivity index (χ1n) is 10.8. The topological polar surface area (TPSA) is 108 Å². The Labute approximate surface area is 186 Å². The van der Waals surface area contributed by atoms with E-state index in [1.165, 1.54) is 17.2 Å². The van der Waals surface area contributed by atoms with Crippen LogP contribution in [0.2, 0.25) is 0 Å². The molecule has 8 heteroatoms. The highest BCUT2D eigenvalue weighted by molar-refractivity contribution is 5.68. The van der Waals surface area contributed by atoms with Gasteiger partial charge in [0.25, 0.3) is 5.69 Å². The van der Waals surface area contributed by atoms with Crippen molar-refractivity contribution in [1.29, 1.82) is 5.26 Å². The van der Waals surface area contributed by atoms with Crippen molar-refractivity contribution < 1.29 is 9.34 Å². The molecule has 1 aromatic heterocycles. The summed E-state index contributed by atoms with van der Waals surface area (Å²) in [4.78, 5) is 17.5. The van der Waals surface area contributed by atoms with Gasteiger partial charge < -0.3 is 9.73 Å². The predicted molar refractivity (Wildman–Crippen MR) is 121 cm³/mol. The Morgan fingerprint density at radius 3 is 2.59 bits per heavy atom. The van der Waals surface area contributed by atoms with Crippen LogP contribution in [-0.2, 0) is 6.42 Å². The molecule has 0 amide bonds. The van der Waals surface area contributed by atoms with E-state index >= 15 is 0 Å². The number of benzene rings is 2. The second-order valence-electron chi connectivity index (χ2n) is 7.82. The molecule has 8 nitrogen and oxygen atoms in total. The molecule has 1 saturated heterocycles. The predicted octanol–water partition coefficient (Wildman–Crippen LogP) is 4.93. The van der Waals surface area contributed by atoms with Crippen molar-refractivity contribution in [2.24, 2.45) is 0 Å². The first-order chi connectivity index (χ1) is 15.6. The van der Waals surface area contributed by atoms with E-state index in [0.29, 0.717) is 6.54 Å². The molecule has 2 aromatic carbocycles. The summed E-state index contributed by atoms with van der Waals surface area (Å²) in [5, 5.41) is 24.2. The maximum Gasteiger partial charge on any atom is 0.282 e. The number of oxazole rings is 1. The molecule has 32 heavy (non-hydrogen) atoms. The van der Waals surface area contributed by atoms with E-state index < -0.39 is 4.92 Å². The monoisotopic (exact) mass is 431 g/mol. The lowest BCUT2D eigenvalue weighted by molar-refractivity contribution is -0.384. The highest BCUT2D eigenvalue weighted by Gasteiger charge is 2.26. The van der Waals surface area contributed by atoms with Gasteiger partial charge in [-0.15, -0.1) is 0 Å². The number of rotatable bonds is 8. The van der Waals surface area contributed by atoms with Crippen LogP contribution in [0, 0.1) is 21.4 Å². The van der Waals surface area contributed by atoms with Crippen LogP contribution in [0.15, 0.2) is 52.9 Å². The maximum absolute atomic E-state index is 11.4. The van der Waals surface area contributed by atoms with Gasteiger partial charge in [0.2, 0.25) is 17.5 Å². The molecule has 2 heterocycles. The smallest absolute Gasteiger partial charge is 0.282 e. The van der Waals surface area contributed by atoms with Crippen LogP contribution in [0.3, 0.4) is 0 Å². The second-order valence-corrected chi connectivity index (χ2v) is 7.82. The van der Waals surface area contributed by atoms with Crippen LogP contribution in [0.25, 0.3) is 11.5 Å². The Kier molecular flexibility index (Phi) is 6.47. The van der Waals surface area contributed by atoms with Gasteiger partial charge in [0.1, 0.15) is 11.6 Å². The number of aryl methyl sites for hydroxylation is 1. The number of hydrogen-bond donors (Lipinski definition) is 1. The summed E-state index contributed by atoms with van der Waals surface area (Å²) >= 11 is 0. The summed E-state index contributed by atoms with van der Waals surface area (Å²) < 4.78 is 5.80. The number of anilines is 1. The highest BCUT2D eigenvalue weighted by Crippen LogP contribution is 2.33. The molecule has 0 bridgehead atoms. The number of aromatic nitrogens is 1. The molecule has 1 fully saturated rings. The lowest BCUT2D eigenvalue weighted by Gasteiger charge is -2.28. The molecule has 1 atom stereocenters. The van der Waals surface area contributed by atoms with Crippen molar-refractivity contribution in [3.8, 4) is 17.5 Å². The average Bonchev–Trinajstić information content (AvgIpc) is 3.50. The second kappa shape index (κ2) is 9.62. The largest absolute Gasteiger partial charge is 0.419 e. The molecule has 1 aliphatic heterocycles. The van der Waals surface area contributed by atoms with Crippen molar-refractivity contribution in [3.63, 3.8) is 0 Å². The third-order valence-corrected chi connectivity index (χ3v) is 5.87. The number of nitro benzene ring substituents is 1. The summed E-state index contributed by atoms with van der Waals surface area (Å²) in [5.74, 6) is 0.288. The van der Waals surface area contributed by atoms with Gasteiger partial charge >= 0.3 is 0 Å². The van der Waals surface area contributed by atoms with E-state index in [2.05, 4.69) is 46.4 Å². The van der Waals surface area contributed by atoms with E-state index in [-0.39, 0.29) is 34.8 Å². The van der Waals surface area contributed by atoms with Gasteiger partial charge in [-0.05, 0) is 49.5 Å². The van der Waals surface area contributed by atoms with Gasteiger partial charge in [0.15, 0.2) is 0 Å². The van der Waals surface area contributed by atoms with Gasteiger partial charge in [-0.3, -0.25) is 15.0 Å². The quantitative estimate of drug-likeness (QED) is 0.398. The first kappa shape index (κ1) is 21.5. The highest BCUT2D eigenvalue weighted by atomic mass is 16.6. The van der Waals surface area contributed by atoms with E-state index in [4.69, 9.17) is 4.42 Å². The van der Waals surface area contributed by atoms with Crippen molar-refractivity contribution in [2.75, 3.05) is 25.0 Å². The SMILES string of the molecule is CCc1ccc(C(CNc2oc(-c3ccccc3[N+](=O)[O-])nc2C#N)N2CCCC2)cc1. The fourth-order valence-corrected chi connectivity index (χ4v) is 4.12. The van der Waals surface area contributed by atoms with Crippen molar-refractivity contribution >= 4 is 11.6 Å². The van der Waals surface area contributed by atoms with Crippen molar-refractivity contribution in [1.82, 2.24) is 9.88 Å². The summed E-state index contributed by atoms with van der Waals surface area (Å²) in [7, 11) is 0. The number of nitro groups is 1. The minimum Gasteiger partial charge on any atom is -0.419 e. The number of nitrogens with zero attached hydrogens (tertiary/aromatic N) is 4. The first-order valence-corrected chi connectivity index (χ1v) is 10.8. The van der Waals surface area contributed by atoms with E-state index in [0.717, 1.165) is 32.4 Å². The van der Waals surface area contributed by atoms with Gasteiger partial charge in [-0.2, -0.15) is 10.2 Å². The minimum atomic E-state index is -0.484. The third-order valence-electron chi connectivity index (χ3n) is 5.87. The van der Waals surface area contributed by atoms with Crippen LogP contribution in [0.5, 0.6) is 0 Å². The zero-order chi connectivity index (χ0) is 22.5. The molecule has 1 aliphatic rings. The fraction of sp³-hybridized carbons (Fsp3) is 0.333.